The summed E-state index contributed by atoms with van der Waals surface area (Å²) in [6, 6.07) is 8.89. The van der Waals surface area contributed by atoms with Crippen LogP contribution in [0.3, 0.4) is 0 Å². The molecule has 1 heterocycles. The molecule has 1 aromatic heterocycles. The molecule has 136 valence electrons. The zero-order valence-corrected chi connectivity index (χ0v) is 17.2. The van der Waals surface area contributed by atoms with Gasteiger partial charge in [0, 0.05) is 16.0 Å². The third kappa shape index (κ3) is 5.45. The number of sulfone groups is 1. The van der Waals surface area contributed by atoms with E-state index >= 15 is 0 Å². The monoisotopic (exact) mass is 454 g/mol. The molecule has 10 heteroatoms. The van der Waals surface area contributed by atoms with Gasteiger partial charge < -0.3 is 0 Å². The Morgan fingerprint density at radius 3 is 2.62 bits per heavy atom. The van der Waals surface area contributed by atoms with Gasteiger partial charge in [0.2, 0.25) is 15.0 Å². The minimum absolute atomic E-state index is 0.0225. The number of rotatable bonds is 6. The van der Waals surface area contributed by atoms with Crippen molar-refractivity contribution in [2.45, 2.75) is 19.0 Å². The largest absolute Gasteiger partial charge is 0.296 e. The van der Waals surface area contributed by atoms with E-state index in [2.05, 4.69) is 30.6 Å². The lowest BCUT2D eigenvalue weighted by Gasteiger charge is -2.02. The van der Waals surface area contributed by atoms with E-state index in [1.807, 2.05) is 6.07 Å². The Balaban J connectivity index is 2.16. The number of aromatic nitrogens is 2. The minimum atomic E-state index is -3.60. The summed E-state index contributed by atoms with van der Waals surface area (Å²) in [4.78, 5) is 16.1. The van der Waals surface area contributed by atoms with Crippen LogP contribution in [0.15, 0.2) is 39.5 Å². The van der Waals surface area contributed by atoms with Crippen LogP contribution in [0.1, 0.15) is 19.4 Å². The van der Waals surface area contributed by atoms with Crippen LogP contribution in [0.25, 0.3) is 6.08 Å². The molecule has 2 rings (SSSR count). The molecule has 1 aromatic carbocycles. The quantitative estimate of drug-likeness (QED) is 0.529. The van der Waals surface area contributed by atoms with Crippen molar-refractivity contribution in [3.05, 3.63) is 39.9 Å². The summed E-state index contributed by atoms with van der Waals surface area (Å²) < 4.78 is 28.9. The van der Waals surface area contributed by atoms with Gasteiger partial charge in [-0.3, -0.25) is 10.1 Å². The molecule has 0 unspecified atom stereocenters. The Morgan fingerprint density at radius 2 is 2.04 bits per heavy atom. The highest BCUT2D eigenvalue weighted by Crippen LogP contribution is 2.19. The number of hydrogen-bond acceptors (Lipinski definition) is 7. The lowest BCUT2D eigenvalue weighted by Crippen LogP contribution is -2.15. The Labute approximate surface area is 164 Å². The van der Waals surface area contributed by atoms with Crippen molar-refractivity contribution < 1.29 is 13.2 Å². The first kappa shape index (κ1) is 20.2. The lowest BCUT2D eigenvalue weighted by molar-refractivity contribution is -0.112. The van der Waals surface area contributed by atoms with E-state index < -0.39 is 15.7 Å². The number of carbonyl (C=O) groups excluding carboxylic acids is 1. The van der Waals surface area contributed by atoms with Gasteiger partial charge in [-0.05, 0) is 29.7 Å². The van der Waals surface area contributed by atoms with Crippen molar-refractivity contribution in [1.82, 2.24) is 9.36 Å². The predicted molar refractivity (Wildman–Crippen MR) is 103 cm³/mol. The highest BCUT2D eigenvalue weighted by Gasteiger charge is 2.23. The zero-order valence-electron chi connectivity index (χ0n) is 13.9. The molecule has 1 N–H and O–H groups in total. The second-order valence-electron chi connectivity index (χ2n) is 5.73. The Bertz CT molecular complexity index is 974. The number of amides is 1. The molecule has 0 spiro atoms. The van der Waals surface area contributed by atoms with Crippen molar-refractivity contribution in [1.29, 1.82) is 5.26 Å². The Kier molecular flexibility index (Phi) is 6.63. The maximum atomic E-state index is 12.2. The fraction of sp³-hybridized carbons (Fsp3) is 0.250. The fourth-order valence-electron chi connectivity index (χ4n) is 1.94. The topological polar surface area (TPSA) is 113 Å². The Hall–Kier alpha value is -2.09. The van der Waals surface area contributed by atoms with Gasteiger partial charge in [-0.1, -0.05) is 41.9 Å². The first-order valence-electron chi connectivity index (χ1n) is 7.46. The number of anilines is 1. The van der Waals surface area contributed by atoms with Crippen LogP contribution in [-0.2, 0) is 14.6 Å². The molecule has 0 aliphatic carbocycles. The van der Waals surface area contributed by atoms with Crippen LogP contribution < -0.4 is 5.32 Å². The van der Waals surface area contributed by atoms with Crippen molar-refractivity contribution in [2.24, 2.45) is 5.92 Å². The highest BCUT2D eigenvalue weighted by atomic mass is 79.9. The number of halogens is 1. The average Bonchev–Trinajstić information content (AvgIpc) is 3.02. The summed E-state index contributed by atoms with van der Waals surface area (Å²) in [5, 5.41) is 11.3. The second-order valence-corrected chi connectivity index (χ2v) is 9.33. The molecule has 0 fully saturated rings. The molecule has 0 radical (unpaired) electrons. The predicted octanol–water partition coefficient (Wildman–Crippen LogP) is 3.28. The molecule has 26 heavy (non-hydrogen) atoms. The molecule has 0 aliphatic heterocycles. The first-order valence-corrected chi connectivity index (χ1v) is 10.7. The fourth-order valence-corrected chi connectivity index (χ4v) is 4.56. The molecule has 7 nitrogen and oxygen atoms in total. The van der Waals surface area contributed by atoms with Gasteiger partial charge in [0.25, 0.3) is 11.1 Å². The normalized spacial score (nSPS) is 12.0. The second kappa shape index (κ2) is 8.53. The van der Waals surface area contributed by atoms with Gasteiger partial charge in [0.1, 0.15) is 11.6 Å². The summed E-state index contributed by atoms with van der Waals surface area (Å²) >= 11 is 4.06. The van der Waals surface area contributed by atoms with Gasteiger partial charge in [-0.2, -0.15) is 14.6 Å². The van der Waals surface area contributed by atoms with Crippen LogP contribution in [0.5, 0.6) is 0 Å². The van der Waals surface area contributed by atoms with Gasteiger partial charge in [0.05, 0.1) is 5.75 Å². The first-order chi connectivity index (χ1) is 12.2. The van der Waals surface area contributed by atoms with Crippen molar-refractivity contribution in [3.8, 4) is 6.07 Å². The molecule has 2 aromatic rings. The standard InChI is InChI=1S/C16H15BrN4O3S2/c1-10(2)9-26(23,24)16-20-15(25-21-16)19-14(22)12(8-18)7-11-3-5-13(17)6-4-11/h3-7,10H,9H2,1-2H3,(H,19,20,21,22). The number of nitriles is 1. The molecule has 0 saturated heterocycles. The molecule has 1 amide bonds. The van der Waals surface area contributed by atoms with Gasteiger partial charge in [-0.25, -0.2) is 8.42 Å². The summed E-state index contributed by atoms with van der Waals surface area (Å²) in [5.41, 5.74) is 0.548. The molecular weight excluding hydrogens is 440 g/mol. The molecule has 0 bridgehead atoms. The van der Waals surface area contributed by atoms with E-state index in [-0.39, 0.29) is 27.5 Å². The molecular formula is C16H15BrN4O3S2. The van der Waals surface area contributed by atoms with E-state index in [0.29, 0.717) is 5.56 Å². The van der Waals surface area contributed by atoms with Crippen molar-refractivity contribution in [2.75, 3.05) is 11.1 Å². The highest BCUT2D eigenvalue weighted by molar-refractivity contribution is 9.10. The smallest absolute Gasteiger partial charge is 0.268 e. The van der Waals surface area contributed by atoms with Crippen LogP contribution in [0.2, 0.25) is 0 Å². The third-order valence-corrected chi connectivity index (χ3v) is 6.12. The van der Waals surface area contributed by atoms with Crippen LogP contribution in [-0.4, -0.2) is 29.4 Å². The van der Waals surface area contributed by atoms with Crippen molar-refractivity contribution in [3.63, 3.8) is 0 Å². The van der Waals surface area contributed by atoms with Gasteiger partial charge in [0.15, 0.2) is 0 Å². The molecule has 0 atom stereocenters. The van der Waals surface area contributed by atoms with Gasteiger partial charge in [-0.15, -0.1) is 0 Å². The summed E-state index contributed by atoms with van der Waals surface area (Å²) in [5.74, 6) is -0.829. The molecule has 0 saturated carbocycles. The summed E-state index contributed by atoms with van der Waals surface area (Å²) in [6.45, 7) is 3.55. The number of nitrogens with one attached hydrogen (secondary N) is 1. The zero-order chi connectivity index (χ0) is 19.3. The number of nitrogens with zero attached hydrogens (tertiary/aromatic N) is 3. The van der Waals surface area contributed by atoms with Crippen LogP contribution in [0, 0.1) is 17.2 Å². The third-order valence-electron chi connectivity index (χ3n) is 3.00. The van der Waals surface area contributed by atoms with Crippen LogP contribution >= 0.6 is 27.5 Å². The van der Waals surface area contributed by atoms with Crippen molar-refractivity contribution >= 4 is 54.4 Å². The van der Waals surface area contributed by atoms with E-state index in [0.717, 1.165) is 16.0 Å². The maximum Gasteiger partial charge on any atom is 0.268 e. The average molecular weight is 455 g/mol. The van der Waals surface area contributed by atoms with E-state index in [1.54, 1.807) is 38.1 Å². The molecule has 0 aliphatic rings. The maximum absolute atomic E-state index is 12.2. The van der Waals surface area contributed by atoms with E-state index in [9.17, 15) is 18.5 Å². The summed E-state index contributed by atoms with van der Waals surface area (Å²) in [6.07, 6.45) is 1.43. The van der Waals surface area contributed by atoms with Crippen LogP contribution in [0.4, 0.5) is 5.13 Å². The number of carbonyl (C=O) groups is 1. The number of hydrogen-bond donors (Lipinski definition) is 1. The lowest BCUT2D eigenvalue weighted by atomic mass is 10.1. The SMILES string of the molecule is CC(C)CS(=O)(=O)c1nsc(NC(=O)C(C#N)=Cc2ccc(Br)cc2)n1. The minimum Gasteiger partial charge on any atom is -0.296 e. The van der Waals surface area contributed by atoms with Gasteiger partial charge >= 0.3 is 0 Å². The van der Waals surface area contributed by atoms with E-state index in [1.165, 1.54) is 6.08 Å². The van der Waals surface area contributed by atoms with E-state index in [4.69, 9.17) is 0 Å². The summed E-state index contributed by atoms with van der Waals surface area (Å²) in [7, 11) is -3.60. The number of benzene rings is 1. The Morgan fingerprint density at radius 1 is 1.38 bits per heavy atom.